The summed E-state index contributed by atoms with van der Waals surface area (Å²) in [5, 5.41) is 7.36. The summed E-state index contributed by atoms with van der Waals surface area (Å²) < 4.78 is 26.0. The molecule has 1 N–H and O–H groups in total. The van der Waals surface area contributed by atoms with E-state index in [0.29, 0.717) is 0 Å². The third-order valence-corrected chi connectivity index (χ3v) is 2.86. The molecule has 1 aliphatic rings. The summed E-state index contributed by atoms with van der Waals surface area (Å²) >= 11 is 0. The van der Waals surface area contributed by atoms with Crippen LogP contribution in [-0.2, 0) is 38.1 Å². The second-order valence-corrected chi connectivity index (χ2v) is 5.04. The molecule has 0 spiro atoms. The topological polar surface area (TPSA) is 121 Å². The number of rotatable bonds is 5. The molecule has 1 aliphatic heterocycles. The first-order chi connectivity index (χ1) is 10.7. The fraction of sp³-hybridized carbons (Fsp3) is 0.714. The Morgan fingerprint density at radius 2 is 1.61 bits per heavy atom. The van der Waals surface area contributed by atoms with Crippen LogP contribution in [-0.4, -0.2) is 55.0 Å². The molecule has 0 saturated carbocycles. The fourth-order valence-corrected chi connectivity index (χ4v) is 2.17. The van der Waals surface area contributed by atoms with E-state index in [-0.39, 0.29) is 18.9 Å². The van der Waals surface area contributed by atoms with Crippen LogP contribution >= 0.6 is 0 Å². The van der Waals surface area contributed by atoms with Gasteiger partial charge in [0.05, 0.1) is 6.42 Å². The van der Waals surface area contributed by atoms with Crippen LogP contribution in [0, 0.1) is 5.41 Å². The van der Waals surface area contributed by atoms with Gasteiger partial charge in [0.2, 0.25) is 6.29 Å². The predicted octanol–water partition coefficient (Wildman–Crippen LogP) is 0.542. The molecule has 4 unspecified atom stereocenters. The lowest BCUT2D eigenvalue weighted by Gasteiger charge is -2.39. The smallest absolute Gasteiger partial charge is 0.303 e. The van der Waals surface area contributed by atoms with E-state index >= 15 is 0 Å². The first-order valence-corrected chi connectivity index (χ1v) is 7.04. The standard InChI is InChI=1S/C14H21NO8/c1-7(15)20-13-5-11(21-9(3)17)14(22-10(4)18)12(23-13)6-19-8(2)16/h11-15H,5-6H2,1-4H3. The number of esters is 3. The zero-order chi connectivity index (χ0) is 17.6. The molecule has 1 heterocycles. The van der Waals surface area contributed by atoms with Crippen LogP contribution < -0.4 is 0 Å². The van der Waals surface area contributed by atoms with Crippen LogP contribution in [0.2, 0.25) is 0 Å². The Bertz CT molecular complexity index is 477. The molecular formula is C14H21NO8. The van der Waals surface area contributed by atoms with E-state index < -0.39 is 42.5 Å². The summed E-state index contributed by atoms with van der Waals surface area (Å²) in [6, 6.07) is 0. The molecular weight excluding hydrogens is 310 g/mol. The number of ether oxygens (including phenoxy) is 5. The zero-order valence-corrected chi connectivity index (χ0v) is 13.5. The molecule has 0 amide bonds. The summed E-state index contributed by atoms with van der Waals surface area (Å²) in [6.45, 7) is 4.87. The maximum atomic E-state index is 11.3. The van der Waals surface area contributed by atoms with Crippen molar-refractivity contribution in [2.75, 3.05) is 6.61 Å². The minimum Gasteiger partial charge on any atom is -0.463 e. The van der Waals surface area contributed by atoms with Gasteiger partial charge in [-0.15, -0.1) is 0 Å². The van der Waals surface area contributed by atoms with Crippen molar-refractivity contribution < 1.29 is 38.1 Å². The molecule has 0 radical (unpaired) electrons. The third kappa shape index (κ3) is 6.64. The Kier molecular flexibility index (Phi) is 6.95. The zero-order valence-electron chi connectivity index (χ0n) is 13.5. The average Bonchev–Trinajstić information content (AvgIpc) is 2.37. The molecule has 0 bridgehead atoms. The Labute approximate surface area is 133 Å². The van der Waals surface area contributed by atoms with E-state index in [1.54, 1.807) is 0 Å². The van der Waals surface area contributed by atoms with E-state index in [4.69, 9.17) is 29.1 Å². The van der Waals surface area contributed by atoms with Crippen molar-refractivity contribution in [3.63, 3.8) is 0 Å². The van der Waals surface area contributed by atoms with Gasteiger partial charge in [-0.3, -0.25) is 19.8 Å². The van der Waals surface area contributed by atoms with Gasteiger partial charge in [-0.2, -0.15) is 0 Å². The second-order valence-electron chi connectivity index (χ2n) is 5.04. The quantitative estimate of drug-likeness (QED) is 0.335. The lowest BCUT2D eigenvalue weighted by molar-refractivity contribution is -0.249. The second kappa shape index (κ2) is 8.47. The lowest BCUT2D eigenvalue weighted by atomic mass is 10.0. The molecule has 9 nitrogen and oxygen atoms in total. The van der Waals surface area contributed by atoms with E-state index in [1.807, 2.05) is 0 Å². The normalized spacial score (nSPS) is 26.8. The predicted molar refractivity (Wildman–Crippen MR) is 75.5 cm³/mol. The van der Waals surface area contributed by atoms with Crippen LogP contribution in [0.4, 0.5) is 0 Å². The van der Waals surface area contributed by atoms with Gasteiger partial charge in [-0.25, -0.2) is 0 Å². The van der Waals surface area contributed by atoms with Gasteiger partial charge < -0.3 is 23.7 Å². The van der Waals surface area contributed by atoms with Gasteiger partial charge in [-0.1, -0.05) is 0 Å². The molecule has 1 saturated heterocycles. The molecule has 0 aromatic rings. The molecule has 0 aromatic carbocycles. The molecule has 130 valence electrons. The van der Waals surface area contributed by atoms with Crippen LogP contribution in [0.1, 0.15) is 34.1 Å². The number of carbonyl (C=O) groups is 3. The third-order valence-electron chi connectivity index (χ3n) is 2.86. The Morgan fingerprint density at radius 3 is 2.09 bits per heavy atom. The van der Waals surface area contributed by atoms with Crippen LogP contribution in [0.3, 0.4) is 0 Å². The van der Waals surface area contributed by atoms with Crippen molar-refractivity contribution >= 4 is 23.8 Å². The van der Waals surface area contributed by atoms with Crippen molar-refractivity contribution in [1.82, 2.24) is 0 Å². The number of hydrogen-bond donors (Lipinski definition) is 1. The first kappa shape index (κ1) is 18.9. The van der Waals surface area contributed by atoms with Crippen molar-refractivity contribution in [3.8, 4) is 0 Å². The number of nitrogens with one attached hydrogen (secondary N) is 1. The van der Waals surface area contributed by atoms with Crippen molar-refractivity contribution in [2.24, 2.45) is 0 Å². The van der Waals surface area contributed by atoms with Gasteiger partial charge in [-0.05, 0) is 0 Å². The number of hydrogen-bond acceptors (Lipinski definition) is 9. The van der Waals surface area contributed by atoms with E-state index in [9.17, 15) is 14.4 Å². The maximum absolute atomic E-state index is 11.3. The van der Waals surface area contributed by atoms with Gasteiger partial charge >= 0.3 is 17.9 Å². The number of carbonyl (C=O) groups excluding carboxylic acids is 3. The summed E-state index contributed by atoms with van der Waals surface area (Å²) in [7, 11) is 0. The molecule has 0 aromatic heterocycles. The SMILES string of the molecule is CC(=N)OC1CC(OC(C)=O)C(OC(C)=O)C(COC(C)=O)O1. The van der Waals surface area contributed by atoms with E-state index in [1.165, 1.54) is 27.7 Å². The van der Waals surface area contributed by atoms with E-state index in [0.717, 1.165) is 0 Å². The molecule has 9 heteroatoms. The van der Waals surface area contributed by atoms with Crippen molar-refractivity contribution in [1.29, 1.82) is 5.41 Å². The van der Waals surface area contributed by atoms with Crippen LogP contribution in [0.25, 0.3) is 0 Å². The first-order valence-electron chi connectivity index (χ1n) is 7.04. The molecule has 4 atom stereocenters. The molecule has 1 rings (SSSR count). The Balaban J connectivity index is 2.94. The minimum absolute atomic E-state index is 0.0737. The summed E-state index contributed by atoms with van der Waals surface area (Å²) in [5.74, 6) is -1.78. The highest BCUT2D eigenvalue weighted by Crippen LogP contribution is 2.27. The van der Waals surface area contributed by atoms with E-state index in [2.05, 4.69) is 0 Å². The summed E-state index contributed by atoms with van der Waals surface area (Å²) in [6.07, 6.45) is -3.48. The van der Waals surface area contributed by atoms with Gasteiger partial charge in [0, 0.05) is 27.7 Å². The Morgan fingerprint density at radius 1 is 1.00 bits per heavy atom. The highest BCUT2D eigenvalue weighted by atomic mass is 16.7. The lowest BCUT2D eigenvalue weighted by Crippen LogP contribution is -2.54. The van der Waals surface area contributed by atoms with Gasteiger partial charge in [0.25, 0.3) is 0 Å². The molecule has 23 heavy (non-hydrogen) atoms. The van der Waals surface area contributed by atoms with Crippen LogP contribution in [0.15, 0.2) is 0 Å². The van der Waals surface area contributed by atoms with Crippen molar-refractivity contribution in [2.45, 2.75) is 58.7 Å². The molecule has 1 fully saturated rings. The van der Waals surface area contributed by atoms with Crippen molar-refractivity contribution in [3.05, 3.63) is 0 Å². The summed E-state index contributed by atoms with van der Waals surface area (Å²) in [5.41, 5.74) is 0. The molecule has 0 aliphatic carbocycles. The van der Waals surface area contributed by atoms with Gasteiger partial charge in [0.15, 0.2) is 12.0 Å². The minimum atomic E-state index is -0.943. The fourth-order valence-electron chi connectivity index (χ4n) is 2.17. The maximum Gasteiger partial charge on any atom is 0.303 e. The highest BCUT2D eigenvalue weighted by Gasteiger charge is 2.44. The largest absolute Gasteiger partial charge is 0.463 e. The summed E-state index contributed by atoms with van der Waals surface area (Å²) in [4.78, 5) is 33.6. The van der Waals surface area contributed by atoms with Crippen LogP contribution in [0.5, 0.6) is 0 Å². The monoisotopic (exact) mass is 331 g/mol. The Hall–Kier alpha value is -2.16. The van der Waals surface area contributed by atoms with Gasteiger partial charge in [0.1, 0.15) is 18.8 Å². The highest BCUT2D eigenvalue weighted by molar-refractivity contribution is 5.69. The average molecular weight is 331 g/mol.